The number of nitro groups is 1. The van der Waals surface area contributed by atoms with Gasteiger partial charge in [-0.1, -0.05) is 11.3 Å². The summed E-state index contributed by atoms with van der Waals surface area (Å²) >= 11 is 1.16. The highest BCUT2D eigenvalue weighted by molar-refractivity contribution is 7.07. The number of allylic oxidation sites excluding steroid dienone is 1. The number of carbonyl (C=O) groups excluding carboxylic acids is 1. The van der Waals surface area contributed by atoms with Crippen molar-refractivity contribution in [2.45, 2.75) is 39.2 Å². The van der Waals surface area contributed by atoms with Gasteiger partial charge in [-0.2, -0.15) is 0 Å². The number of methoxy groups -OCH3 is 2. The maximum absolute atomic E-state index is 14.2. The smallest absolute Gasteiger partial charge is 0.338 e. The lowest BCUT2D eigenvalue weighted by molar-refractivity contribution is -0.384. The Morgan fingerprint density at radius 3 is 2.57 bits per heavy atom. The number of anilines is 1. The van der Waals surface area contributed by atoms with E-state index in [2.05, 4.69) is 9.89 Å². The summed E-state index contributed by atoms with van der Waals surface area (Å²) < 4.78 is 18.3. The third kappa shape index (κ3) is 5.41. The van der Waals surface area contributed by atoms with Crippen molar-refractivity contribution in [1.82, 2.24) is 4.57 Å². The first-order valence-electron chi connectivity index (χ1n) is 13.7. The number of rotatable bonds is 8. The average molecular weight is 593 g/mol. The summed E-state index contributed by atoms with van der Waals surface area (Å²) in [6, 6.07) is 9.02. The molecule has 0 spiro atoms. The van der Waals surface area contributed by atoms with E-state index >= 15 is 0 Å². The van der Waals surface area contributed by atoms with Crippen LogP contribution in [-0.2, 0) is 9.53 Å². The first-order chi connectivity index (χ1) is 20.3. The van der Waals surface area contributed by atoms with Gasteiger partial charge < -0.3 is 19.1 Å². The van der Waals surface area contributed by atoms with E-state index in [0.717, 1.165) is 49.4 Å². The van der Waals surface area contributed by atoms with E-state index in [9.17, 15) is 19.7 Å². The van der Waals surface area contributed by atoms with Crippen LogP contribution in [0.1, 0.15) is 50.3 Å². The molecule has 0 amide bonds. The zero-order valence-corrected chi connectivity index (χ0v) is 24.7. The van der Waals surface area contributed by atoms with Gasteiger partial charge in [0, 0.05) is 42.0 Å². The van der Waals surface area contributed by atoms with Gasteiger partial charge in [0.15, 0.2) is 4.80 Å². The molecule has 3 aromatic rings. The van der Waals surface area contributed by atoms with Crippen LogP contribution in [0.2, 0.25) is 0 Å². The van der Waals surface area contributed by atoms with Crippen LogP contribution < -0.4 is 29.3 Å². The van der Waals surface area contributed by atoms with E-state index < -0.39 is 16.9 Å². The Hall–Kier alpha value is -4.45. The van der Waals surface area contributed by atoms with Crippen LogP contribution in [0.4, 0.5) is 11.4 Å². The Labute approximate surface area is 246 Å². The number of hydrogen-bond acceptors (Lipinski definition) is 10. The molecule has 11 nitrogen and oxygen atoms in total. The number of benzene rings is 2. The summed E-state index contributed by atoms with van der Waals surface area (Å²) in [5, 5.41) is 11.6. The minimum Gasteiger partial charge on any atom is -0.497 e. The average Bonchev–Trinajstić information content (AvgIpc) is 3.30. The number of esters is 1. The monoisotopic (exact) mass is 592 g/mol. The summed E-state index contributed by atoms with van der Waals surface area (Å²) in [6.07, 6.45) is 4.87. The lowest BCUT2D eigenvalue weighted by Crippen LogP contribution is -2.40. The van der Waals surface area contributed by atoms with Gasteiger partial charge in [-0.15, -0.1) is 0 Å². The summed E-state index contributed by atoms with van der Waals surface area (Å²) in [6.45, 7) is 5.23. The second-order valence-electron chi connectivity index (χ2n) is 9.96. The molecule has 2 aliphatic rings. The molecule has 1 fully saturated rings. The number of nitro benzene ring substituents is 1. The molecule has 220 valence electrons. The van der Waals surface area contributed by atoms with Crippen molar-refractivity contribution in [2.75, 3.05) is 38.8 Å². The minimum absolute atomic E-state index is 0.0609. The fourth-order valence-corrected chi connectivity index (χ4v) is 6.51. The molecular weight excluding hydrogens is 560 g/mol. The zero-order valence-electron chi connectivity index (χ0n) is 23.9. The summed E-state index contributed by atoms with van der Waals surface area (Å²) in [5.74, 6) is 0.389. The quantitative estimate of drug-likeness (QED) is 0.220. The van der Waals surface area contributed by atoms with Crippen LogP contribution in [-0.4, -0.2) is 49.4 Å². The lowest BCUT2D eigenvalue weighted by Gasteiger charge is -2.30. The van der Waals surface area contributed by atoms with Crippen LogP contribution in [0.3, 0.4) is 0 Å². The predicted octanol–water partition coefficient (Wildman–Crippen LogP) is 3.71. The number of non-ortho nitro benzene ring substituents is 1. The van der Waals surface area contributed by atoms with Gasteiger partial charge in [-0.05, 0) is 63.5 Å². The third-order valence-corrected chi connectivity index (χ3v) is 8.44. The van der Waals surface area contributed by atoms with E-state index in [1.54, 1.807) is 44.2 Å². The first-order valence-corrected chi connectivity index (χ1v) is 14.5. The zero-order chi connectivity index (χ0) is 30.0. The number of piperidine rings is 1. The van der Waals surface area contributed by atoms with E-state index in [-0.39, 0.29) is 23.4 Å². The van der Waals surface area contributed by atoms with Gasteiger partial charge >= 0.3 is 5.97 Å². The van der Waals surface area contributed by atoms with Gasteiger partial charge in [0.2, 0.25) is 0 Å². The highest BCUT2D eigenvalue weighted by atomic mass is 32.1. The van der Waals surface area contributed by atoms with Gasteiger partial charge in [0.25, 0.3) is 11.2 Å². The largest absolute Gasteiger partial charge is 0.497 e. The van der Waals surface area contributed by atoms with Crippen molar-refractivity contribution in [3.63, 3.8) is 0 Å². The van der Waals surface area contributed by atoms with Crippen molar-refractivity contribution >= 4 is 34.8 Å². The molecule has 1 atom stereocenters. The number of fused-ring (bicyclic) bond motifs is 1. The van der Waals surface area contributed by atoms with Crippen LogP contribution in [0.25, 0.3) is 6.08 Å². The van der Waals surface area contributed by atoms with Gasteiger partial charge in [-0.3, -0.25) is 19.5 Å². The third-order valence-electron chi connectivity index (χ3n) is 7.45. The molecule has 1 aromatic heterocycles. The number of aromatic nitrogens is 1. The molecule has 0 radical (unpaired) electrons. The predicted molar refractivity (Wildman–Crippen MR) is 159 cm³/mol. The number of thiazole rings is 1. The highest BCUT2D eigenvalue weighted by Crippen LogP contribution is 2.38. The Bertz CT molecular complexity index is 1750. The van der Waals surface area contributed by atoms with Gasteiger partial charge in [-0.25, -0.2) is 9.79 Å². The summed E-state index contributed by atoms with van der Waals surface area (Å²) in [5.41, 5.74) is 2.13. The normalized spacial score (nSPS) is 17.0. The fraction of sp³-hybridized carbons (Fsp3) is 0.367. The van der Waals surface area contributed by atoms with Crippen molar-refractivity contribution in [3.05, 3.63) is 88.6 Å². The molecule has 0 aliphatic carbocycles. The highest BCUT2D eigenvalue weighted by Gasteiger charge is 2.35. The summed E-state index contributed by atoms with van der Waals surface area (Å²) in [7, 11) is 3.05. The van der Waals surface area contributed by atoms with E-state index in [1.165, 1.54) is 30.9 Å². The lowest BCUT2D eigenvalue weighted by atomic mass is 9.94. The van der Waals surface area contributed by atoms with E-state index in [0.29, 0.717) is 37.7 Å². The Morgan fingerprint density at radius 1 is 1.14 bits per heavy atom. The number of nitrogens with zero attached hydrogens (tertiary/aromatic N) is 4. The molecule has 2 aliphatic heterocycles. The second kappa shape index (κ2) is 12.2. The maximum Gasteiger partial charge on any atom is 0.338 e. The standard InChI is InChI=1S/C30H32N4O7S/c1-5-41-29(36)26-18(2)31-30-33(27(26)22-17-21(39-3)10-12-24(22)40-4)28(35)25(42-30)16-19-15-20(34(37)38)9-11-23(19)32-13-7-6-8-14-32/h9-12,15-17,27H,5-8,13-14H2,1-4H3/b25-16+. The maximum atomic E-state index is 14.2. The van der Waals surface area contributed by atoms with Gasteiger partial charge in [0.1, 0.15) is 17.5 Å². The SMILES string of the molecule is CCOC(=O)C1=C(C)N=c2s/c(=C/c3cc([N+](=O)[O-])ccc3N3CCCCC3)c(=O)n2C1c1cc(OC)ccc1OC. The number of ether oxygens (including phenoxy) is 3. The molecular formula is C30H32N4O7S. The minimum atomic E-state index is -0.904. The molecule has 0 bridgehead atoms. The molecule has 42 heavy (non-hydrogen) atoms. The molecule has 3 heterocycles. The number of carbonyl (C=O) groups is 1. The second-order valence-corrected chi connectivity index (χ2v) is 11.0. The van der Waals surface area contributed by atoms with E-state index in [4.69, 9.17) is 14.2 Å². The molecule has 2 aromatic carbocycles. The fourth-order valence-electron chi connectivity index (χ4n) is 5.47. The Balaban J connectivity index is 1.76. The number of hydrogen-bond donors (Lipinski definition) is 0. The van der Waals surface area contributed by atoms with E-state index in [1.807, 2.05) is 0 Å². The van der Waals surface area contributed by atoms with Crippen LogP contribution in [0, 0.1) is 10.1 Å². The molecule has 12 heteroatoms. The van der Waals surface area contributed by atoms with Crippen molar-refractivity contribution in [3.8, 4) is 11.5 Å². The Morgan fingerprint density at radius 2 is 1.90 bits per heavy atom. The first kappa shape index (κ1) is 29.1. The topological polar surface area (TPSA) is 126 Å². The molecule has 5 rings (SSSR count). The van der Waals surface area contributed by atoms with Crippen molar-refractivity contribution in [1.29, 1.82) is 0 Å². The molecule has 0 N–H and O–H groups in total. The van der Waals surface area contributed by atoms with Gasteiger partial charge in [0.05, 0.1) is 41.6 Å². The van der Waals surface area contributed by atoms with Crippen LogP contribution in [0.5, 0.6) is 11.5 Å². The molecule has 1 saturated heterocycles. The molecule has 0 saturated carbocycles. The van der Waals surface area contributed by atoms with Crippen LogP contribution in [0.15, 0.2) is 57.5 Å². The summed E-state index contributed by atoms with van der Waals surface area (Å²) in [4.78, 5) is 45.9. The van der Waals surface area contributed by atoms with Crippen molar-refractivity contribution < 1.29 is 23.9 Å². The Kier molecular flexibility index (Phi) is 8.44. The molecule has 1 unspecified atom stereocenters. The van der Waals surface area contributed by atoms with Crippen LogP contribution >= 0.6 is 11.3 Å². The van der Waals surface area contributed by atoms with Crippen molar-refractivity contribution in [2.24, 2.45) is 4.99 Å².